The average Bonchev–Trinajstić information content (AvgIpc) is 2.61. The van der Waals surface area contributed by atoms with Gasteiger partial charge >= 0.3 is 0 Å². The number of nitrogens with one attached hydrogen (secondary N) is 1. The second kappa shape index (κ2) is 3.93. The molecule has 0 fully saturated rings. The number of aryl methyl sites for hydroxylation is 1. The van der Waals surface area contributed by atoms with Gasteiger partial charge in [-0.1, -0.05) is 6.07 Å². The zero-order chi connectivity index (χ0) is 10.7. The fourth-order valence-electron chi connectivity index (χ4n) is 1.43. The Bertz CT molecular complexity index is 493. The number of H-pyrrole nitrogens is 1. The molecule has 0 saturated heterocycles. The summed E-state index contributed by atoms with van der Waals surface area (Å²) in [5.74, 6) is 0.690. The molecule has 2 rings (SSSR count). The Morgan fingerprint density at radius 1 is 1.47 bits per heavy atom. The molecule has 2 aromatic rings. The molecule has 0 amide bonds. The Hall–Kier alpha value is -2.15. The lowest BCUT2D eigenvalue weighted by Crippen LogP contribution is -1.85. The van der Waals surface area contributed by atoms with Crippen LogP contribution < -0.4 is 0 Å². The molecule has 0 saturated carbocycles. The fourth-order valence-corrected chi connectivity index (χ4v) is 1.43. The lowest BCUT2D eigenvalue weighted by atomic mass is 10.2. The number of nitrogens with zero attached hydrogens (tertiary/aromatic N) is 3. The summed E-state index contributed by atoms with van der Waals surface area (Å²) in [6, 6.07) is 7.74. The van der Waals surface area contributed by atoms with Crippen LogP contribution >= 0.6 is 0 Å². The van der Waals surface area contributed by atoms with Gasteiger partial charge in [-0.05, 0) is 19.1 Å². The highest BCUT2D eigenvalue weighted by atomic mass is 14.9. The van der Waals surface area contributed by atoms with Crippen LogP contribution in [0.15, 0.2) is 24.4 Å². The minimum absolute atomic E-state index is 0.299. The van der Waals surface area contributed by atoms with Crippen LogP contribution in [0.25, 0.3) is 11.4 Å². The minimum atomic E-state index is 0.299. The number of hydrogen-bond donors (Lipinski definition) is 1. The molecule has 2 heterocycles. The smallest absolute Gasteiger partial charge is 0.121 e. The maximum atomic E-state index is 8.56. The van der Waals surface area contributed by atoms with E-state index < -0.39 is 0 Å². The van der Waals surface area contributed by atoms with Gasteiger partial charge in [-0.3, -0.25) is 4.98 Å². The van der Waals surface area contributed by atoms with E-state index >= 15 is 0 Å². The Morgan fingerprint density at radius 3 is 3.00 bits per heavy atom. The van der Waals surface area contributed by atoms with Crippen molar-refractivity contribution in [2.75, 3.05) is 0 Å². The van der Waals surface area contributed by atoms with Crippen LogP contribution in [0.1, 0.15) is 11.5 Å². The zero-order valence-electron chi connectivity index (χ0n) is 8.36. The standard InChI is InChI=1S/C11H10N4/c1-8-11(9-4-2-3-7-13-9)15-10(14-8)5-6-12/h2-4,7H,5H2,1H3,(H,14,15). The Labute approximate surface area is 87.6 Å². The summed E-state index contributed by atoms with van der Waals surface area (Å²) < 4.78 is 0. The number of hydrogen-bond acceptors (Lipinski definition) is 3. The molecule has 0 atom stereocenters. The maximum absolute atomic E-state index is 8.56. The molecule has 1 N–H and O–H groups in total. The second-order valence-electron chi connectivity index (χ2n) is 3.21. The molecule has 0 bridgehead atoms. The summed E-state index contributed by atoms with van der Waals surface area (Å²) in [7, 11) is 0. The lowest BCUT2D eigenvalue weighted by molar-refractivity contribution is 1.05. The molecule has 4 nitrogen and oxygen atoms in total. The van der Waals surface area contributed by atoms with Crippen LogP contribution in [-0.4, -0.2) is 15.0 Å². The van der Waals surface area contributed by atoms with Crippen LogP contribution in [0.4, 0.5) is 0 Å². The van der Waals surface area contributed by atoms with E-state index in [-0.39, 0.29) is 0 Å². The first-order valence-corrected chi connectivity index (χ1v) is 4.65. The highest BCUT2D eigenvalue weighted by Crippen LogP contribution is 2.18. The third kappa shape index (κ3) is 1.86. The maximum Gasteiger partial charge on any atom is 0.121 e. The Morgan fingerprint density at radius 2 is 2.33 bits per heavy atom. The number of imidazole rings is 1. The average molecular weight is 198 g/mol. The van der Waals surface area contributed by atoms with Crippen molar-refractivity contribution in [1.29, 1.82) is 5.26 Å². The van der Waals surface area contributed by atoms with E-state index in [1.165, 1.54) is 0 Å². The van der Waals surface area contributed by atoms with Gasteiger partial charge in [-0.15, -0.1) is 0 Å². The van der Waals surface area contributed by atoms with Crippen molar-refractivity contribution in [3.05, 3.63) is 35.9 Å². The monoisotopic (exact) mass is 198 g/mol. The van der Waals surface area contributed by atoms with Crippen LogP contribution in [0, 0.1) is 18.3 Å². The van der Waals surface area contributed by atoms with E-state index in [0.29, 0.717) is 12.2 Å². The highest BCUT2D eigenvalue weighted by molar-refractivity contribution is 5.56. The molecule has 0 aliphatic carbocycles. The normalized spacial score (nSPS) is 9.87. The largest absolute Gasteiger partial charge is 0.345 e. The molecule has 74 valence electrons. The van der Waals surface area contributed by atoms with Gasteiger partial charge in [-0.25, -0.2) is 4.98 Å². The molecule has 4 heteroatoms. The predicted octanol–water partition coefficient (Wildman–Crippen LogP) is 1.85. The van der Waals surface area contributed by atoms with Crippen molar-refractivity contribution in [1.82, 2.24) is 15.0 Å². The van der Waals surface area contributed by atoms with Crippen molar-refractivity contribution >= 4 is 0 Å². The number of rotatable bonds is 2. The van der Waals surface area contributed by atoms with Crippen LogP contribution in [0.3, 0.4) is 0 Å². The first kappa shape index (κ1) is 9.41. The zero-order valence-corrected chi connectivity index (χ0v) is 8.36. The van der Waals surface area contributed by atoms with Crippen molar-refractivity contribution in [2.45, 2.75) is 13.3 Å². The topological polar surface area (TPSA) is 65.4 Å². The van der Waals surface area contributed by atoms with E-state index in [1.807, 2.05) is 25.1 Å². The third-order valence-electron chi connectivity index (χ3n) is 2.09. The Kier molecular flexibility index (Phi) is 2.46. The predicted molar refractivity (Wildman–Crippen MR) is 55.9 cm³/mol. The van der Waals surface area contributed by atoms with Gasteiger partial charge in [0, 0.05) is 11.9 Å². The molecule has 0 radical (unpaired) electrons. The summed E-state index contributed by atoms with van der Waals surface area (Å²) in [6.45, 7) is 1.93. The third-order valence-corrected chi connectivity index (χ3v) is 2.09. The number of aromatic amines is 1. The van der Waals surface area contributed by atoms with E-state index in [2.05, 4.69) is 21.0 Å². The van der Waals surface area contributed by atoms with Gasteiger partial charge < -0.3 is 4.98 Å². The van der Waals surface area contributed by atoms with E-state index in [9.17, 15) is 0 Å². The van der Waals surface area contributed by atoms with E-state index in [0.717, 1.165) is 17.1 Å². The summed E-state index contributed by atoms with van der Waals surface area (Å²) in [5, 5.41) is 8.56. The molecule has 15 heavy (non-hydrogen) atoms. The minimum Gasteiger partial charge on any atom is -0.345 e. The van der Waals surface area contributed by atoms with Gasteiger partial charge in [0.15, 0.2) is 0 Å². The molecule has 0 aliphatic heterocycles. The van der Waals surface area contributed by atoms with Crippen molar-refractivity contribution in [3.8, 4) is 17.5 Å². The van der Waals surface area contributed by atoms with Gasteiger partial charge in [0.25, 0.3) is 0 Å². The fraction of sp³-hybridized carbons (Fsp3) is 0.182. The van der Waals surface area contributed by atoms with Crippen LogP contribution in [0.2, 0.25) is 0 Å². The SMILES string of the molecule is Cc1[nH]c(CC#N)nc1-c1ccccn1. The number of pyridine rings is 1. The number of nitriles is 1. The van der Waals surface area contributed by atoms with Gasteiger partial charge in [-0.2, -0.15) is 5.26 Å². The lowest BCUT2D eigenvalue weighted by Gasteiger charge is -1.95. The van der Waals surface area contributed by atoms with Crippen molar-refractivity contribution < 1.29 is 0 Å². The van der Waals surface area contributed by atoms with E-state index in [1.54, 1.807) is 6.20 Å². The van der Waals surface area contributed by atoms with Crippen molar-refractivity contribution in [2.24, 2.45) is 0 Å². The molecule has 0 unspecified atom stereocenters. The molecular formula is C11H10N4. The van der Waals surface area contributed by atoms with Gasteiger partial charge in [0.1, 0.15) is 11.5 Å². The molecule has 0 aliphatic rings. The quantitative estimate of drug-likeness (QED) is 0.800. The van der Waals surface area contributed by atoms with Gasteiger partial charge in [0.05, 0.1) is 18.2 Å². The van der Waals surface area contributed by atoms with Crippen molar-refractivity contribution in [3.63, 3.8) is 0 Å². The number of aromatic nitrogens is 3. The molecule has 0 aromatic carbocycles. The van der Waals surface area contributed by atoms with E-state index in [4.69, 9.17) is 5.26 Å². The molecule has 2 aromatic heterocycles. The summed E-state index contributed by atoms with van der Waals surface area (Å²) in [6.07, 6.45) is 2.03. The molecule has 0 spiro atoms. The van der Waals surface area contributed by atoms with Crippen LogP contribution in [0.5, 0.6) is 0 Å². The first-order chi connectivity index (χ1) is 7.31. The summed E-state index contributed by atoms with van der Waals surface area (Å²) >= 11 is 0. The van der Waals surface area contributed by atoms with Crippen LogP contribution in [-0.2, 0) is 6.42 Å². The summed E-state index contributed by atoms with van der Waals surface area (Å²) in [4.78, 5) is 11.6. The summed E-state index contributed by atoms with van der Waals surface area (Å²) in [5.41, 5.74) is 2.59. The molecular weight excluding hydrogens is 188 g/mol. The second-order valence-corrected chi connectivity index (χ2v) is 3.21. The highest BCUT2D eigenvalue weighted by Gasteiger charge is 2.08. The van der Waals surface area contributed by atoms with Gasteiger partial charge in [0.2, 0.25) is 0 Å². The first-order valence-electron chi connectivity index (χ1n) is 4.65. The Balaban J connectivity index is 2.42.